The second-order valence-electron chi connectivity index (χ2n) is 3.97. The normalized spacial score (nSPS) is 11.2. The van der Waals surface area contributed by atoms with Crippen LogP contribution >= 0.6 is 0 Å². The van der Waals surface area contributed by atoms with E-state index in [4.69, 9.17) is 0 Å². The van der Waals surface area contributed by atoms with Crippen LogP contribution in [0.25, 0.3) is 0 Å². The summed E-state index contributed by atoms with van der Waals surface area (Å²) in [4.78, 5) is 0. The first-order valence-corrected chi connectivity index (χ1v) is 6.12. The fraction of sp³-hybridized carbons (Fsp3) is 0.0556. The van der Waals surface area contributed by atoms with Gasteiger partial charge in [0, 0.05) is 25.8 Å². The van der Waals surface area contributed by atoms with Crippen LogP contribution in [0.15, 0.2) is 78.9 Å². The van der Waals surface area contributed by atoms with E-state index in [1.54, 1.807) is 0 Å². The number of hydrogen-bond donors (Lipinski definition) is 0. The van der Waals surface area contributed by atoms with Crippen LogP contribution in [0.1, 0.15) is 17.5 Å². The monoisotopic (exact) mass is 412 g/mol. The van der Waals surface area contributed by atoms with Gasteiger partial charge in [-0.25, -0.2) is 12.2 Å². The van der Waals surface area contributed by atoms with Crippen LogP contribution in [0.3, 0.4) is 0 Å². The smallest absolute Gasteiger partial charge is 0 e. The first kappa shape index (κ1) is 15.7. The number of allylic oxidation sites excluding steroid dienone is 4. The quantitative estimate of drug-likeness (QED) is 0.502. The van der Waals surface area contributed by atoms with E-state index in [0.29, 0.717) is 0 Å². The minimum atomic E-state index is 0. The molecule has 0 fully saturated rings. The van der Waals surface area contributed by atoms with E-state index < -0.39 is 0 Å². The van der Waals surface area contributed by atoms with Crippen molar-refractivity contribution in [1.29, 1.82) is 0 Å². The predicted octanol–water partition coefficient (Wildman–Crippen LogP) is 4.59. The zero-order valence-corrected chi connectivity index (χ0v) is 14.4. The molecule has 0 saturated carbocycles. The van der Waals surface area contributed by atoms with Crippen LogP contribution < -0.4 is 0 Å². The van der Waals surface area contributed by atoms with E-state index in [2.05, 4.69) is 67.1 Å². The Hall–Kier alpha value is -1.34. The molecule has 0 nitrogen and oxygen atoms in total. The van der Waals surface area contributed by atoms with Crippen LogP contribution in [0, 0.1) is 12.5 Å². The molecular weight excluding hydrogens is 395 g/mol. The summed E-state index contributed by atoms with van der Waals surface area (Å²) >= 11 is 0. The summed E-state index contributed by atoms with van der Waals surface area (Å²) in [6, 6.07) is 20.7. The maximum absolute atomic E-state index is 2.99. The molecular formula is C18H16Hf-2. The minimum absolute atomic E-state index is 0. The van der Waals surface area contributed by atoms with Gasteiger partial charge in [-0.2, -0.15) is 6.08 Å². The van der Waals surface area contributed by atoms with Crippen LogP contribution in [-0.2, 0) is 25.8 Å². The Kier molecular flexibility index (Phi) is 7.92. The largest absolute Gasteiger partial charge is 0.273 e. The molecule has 0 heterocycles. The van der Waals surface area contributed by atoms with Crippen LogP contribution in [0.5, 0.6) is 0 Å². The van der Waals surface area contributed by atoms with Gasteiger partial charge in [-0.1, -0.05) is 36.4 Å². The van der Waals surface area contributed by atoms with E-state index in [1.807, 2.05) is 24.3 Å². The Balaban J connectivity index is 0.000000256. The van der Waals surface area contributed by atoms with Crippen LogP contribution in [0.2, 0.25) is 0 Å². The Morgan fingerprint density at radius 2 is 1.32 bits per heavy atom. The first-order chi connectivity index (χ1) is 8.95. The fourth-order valence-corrected chi connectivity index (χ4v) is 1.63. The van der Waals surface area contributed by atoms with Crippen molar-refractivity contribution in [2.24, 2.45) is 0 Å². The average molecular weight is 411 g/mol. The molecule has 3 rings (SSSR count). The van der Waals surface area contributed by atoms with E-state index in [0.717, 1.165) is 6.42 Å². The molecule has 2 aromatic rings. The van der Waals surface area contributed by atoms with E-state index in [-0.39, 0.29) is 25.8 Å². The molecule has 19 heavy (non-hydrogen) atoms. The number of benzene rings is 2. The van der Waals surface area contributed by atoms with Crippen molar-refractivity contribution in [1.82, 2.24) is 0 Å². The summed E-state index contributed by atoms with van der Waals surface area (Å²) in [5, 5.41) is 0. The molecule has 0 unspecified atom stereocenters. The van der Waals surface area contributed by atoms with Crippen LogP contribution in [-0.4, -0.2) is 0 Å². The van der Waals surface area contributed by atoms with E-state index >= 15 is 0 Å². The predicted molar refractivity (Wildman–Crippen MR) is 77.0 cm³/mol. The van der Waals surface area contributed by atoms with Crippen molar-refractivity contribution in [3.8, 4) is 0 Å². The Morgan fingerprint density at radius 3 is 1.63 bits per heavy atom. The zero-order valence-electron chi connectivity index (χ0n) is 10.8. The molecule has 1 aliphatic carbocycles. The zero-order chi connectivity index (χ0) is 12.5. The van der Waals surface area contributed by atoms with Crippen molar-refractivity contribution in [3.63, 3.8) is 0 Å². The van der Waals surface area contributed by atoms with Crippen molar-refractivity contribution in [2.75, 3.05) is 0 Å². The van der Waals surface area contributed by atoms with Gasteiger partial charge in [0.1, 0.15) is 0 Å². The maximum Gasteiger partial charge on any atom is 0 e. The van der Waals surface area contributed by atoms with Gasteiger partial charge in [0.2, 0.25) is 0 Å². The molecule has 0 bridgehead atoms. The second kappa shape index (κ2) is 9.57. The van der Waals surface area contributed by atoms with E-state index in [1.165, 1.54) is 11.1 Å². The summed E-state index contributed by atoms with van der Waals surface area (Å²) in [6.07, 6.45) is 12.2. The molecule has 0 spiro atoms. The topological polar surface area (TPSA) is 0 Å². The molecule has 0 amide bonds. The molecule has 0 aliphatic heterocycles. The first-order valence-electron chi connectivity index (χ1n) is 6.12. The van der Waals surface area contributed by atoms with Gasteiger partial charge in [0.05, 0.1) is 0 Å². The fourth-order valence-electron chi connectivity index (χ4n) is 1.63. The third-order valence-electron chi connectivity index (χ3n) is 2.52. The van der Waals surface area contributed by atoms with Gasteiger partial charge in [0.15, 0.2) is 0 Å². The summed E-state index contributed by atoms with van der Waals surface area (Å²) in [5.41, 5.74) is 2.49. The molecule has 2 aromatic carbocycles. The third kappa shape index (κ3) is 6.40. The summed E-state index contributed by atoms with van der Waals surface area (Å²) in [6.45, 7) is 0. The van der Waals surface area contributed by atoms with Gasteiger partial charge in [-0.15, -0.1) is 48.2 Å². The van der Waals surface area contributed by atoms with Crippen molar-refractivity contribution >= 4 is 0 Å². The molecule has 1 aliphatic rings. The summed E-state index contributed by atoms with van der Waals surface area (Å²) in [5.74, 6) is 0. The SMILES string of the molecule is [C-]1=CC=CC1.[Hf].c1ccc([CH-]c2ccccc2)cc1. The Labute approximate surface area is 134 Å². The number of rotatable bonds is 2. The average Bonchev–Trinajstić information content (AvgIpc) is 3.00. The molecule has 0 atom stereocenters. The Morgan fingerprint density at radius 1 is 0.789 bits per heavy atom. The molecule has 94 valence electrons. The molecule has 0 saturated heterocycles. The molecule has 0 radical (unpaired) electrons. The molecule has 0 N–H and O–H groups in total. The Bertz CT molecular complexity index is 450. The standard InChI is InChI=1S/C13H11.C5H5.Hf/c1-3-7-12(8-4-1)11-13-9-5-2-6-10-13;1-2-4-5-3-1;/h1-11H;1-3H,4H2;/q2*-1;. The van der Waals surface area contributed by atoms with Gasteiger partial charge in [0.25, 0.3) is 0 Å². The maximum atomic E-state index is 2.99. The van der Waals surface area contributed by atoms with Crippen molar-refractivity contribution in [2.45, 2.75) is 6.42 Å². The van der Waals surface area contributed by atoms with Gasteiger partial charge in [-0.3, -0.25) is 6.08 Å². The summed E-state index contributed by atoms with van der Waals surface area (Å²) < 4.78 is 0. The summed E-state index contributed by atoms with van der Waals surface area (Å²) in [7, 11) is 0. The molecule has 0 aromatic heterocycles. The second-order valence-corrected chi connectivity index (χ2v) is 3.97. The van der Waals surface area contributed by atoms with Crippen LogP contribution in [0.4, 0.5) is 0 Å². The third-order valence-corrected chi connectivity index (χ3v) is 2.52. The van der Waals surface area contributed by atoms with Crippen molar-refractivity contribution < 1.29 is 25.8 Å². The molecule has 1 heteroatoms. The van der Waals surface area contributed by atoms with Gasteiger partial charge < -0.3 is 0 Å². The minimum Gasteiger partial charge on any atom is -0.273 e. The number of hydrogen-bond acceptors (Lipinski definition) is 0. The van der Waals surface area contributed by atoms with E-state index in [9.17, 15) is 0 Å². The van der Waals surface area contributed by atoms with Gasteiger partial charge >= 0.3 is 0 Å². The van der Waals surface area contributed by atoms with Crippen molar-refractivity contribution in [3.05, 3.63) is 103 Å². The van der Waals surface area contributed by atoms with Gasteiger partial charge in [-0.05, 0) is 0 Å².